The average Bonchev–Trinajstić information content (AvgIpc) is 2.16. The zero-order valence-corrected chi connectivity index (χ0v) is 7.42. The number of nitrogens with zero attached hydrogens (tertiary/aromatic N) is 2. The van der Waals surface area contributed by atoms with Crippen LogP contribution < -0.4 is 0 Å². The number of alkyl halides is 2. The number of nitriles is 1. The number of carbonyl (C=O) groups is 1. The number of hydrogen-bond donors (Lipinski definition) is 0. The Balaban J connectivity index is 3.27. The molecule has 1 heterocycles. The lowest BCUT2D eigenvalue weighted by atomic mass is 10.1. The van der Waals surface area contributed by atoms with E-state index in [-0.39, 0.29) is 11.3 Å². The van der Waals surface area contributed by atoms with Crippen molar-refractivity contribution in [2.75, 3.05) is 0 Å². The molecule has 0 saturated carbocycles. The summed E-state index contributed by atoms with van der Waals surface area (Å²) in [5.41, 5.74) is -0.968. The van der Waals surface area contributed by atoms with Gasteiger partial charge in [0.2, 0.25) is 0 Å². The Kier molecular flexibility index (Phi) is 3.10. The van der Waals surface area contributed by atoms with E-state index in [1.165, 1.54) is 0 Å². The lowest BCUT2D eigenvalue weighted by Gasteiger charge is -2.01. The summed E-state index contributed by atoms with van der Waals surface area (Å²) in [6.45, 7) is 0. The van der Waals surface area contributed by atoms with Crippen LogP contribution in [0.1, 0.15) is 28.0 Å². The molecule has 0 saturated heterocycles. The second-order valence-corrected chi connectivity index (χ2v) is 2.69. The molecule has 1 aromatic heterocycles. The first-order chi connectivity index (χ1) is 6.56. The molecule has 0 aliphatic heterocycles. The molecule has 0 radical (unpaired) electrons. The molecule has 0 bridgehead atoms. The van der Waals surface area contributed by atoms with Gasteiger partial charge in [-0.1, -0.05) is 0 Å². The quantitative estimate of drug-likeness (QED) is 0.713. The zero-order valence-electron chi connectivity index (χ0n) is 6.67. The van der Waals surface area contributed by atoms with Crippen molar-refractivity contribution in [1.29, 1.82) is 5.26 Å². The van der Waals surface area contributed by atoms with Gasteiger partial charge < -0.3 is 0 Å². The van der Waals surface area contributed by atoms with Crippen molar-refractivity contribution in [1.82, 2.24) is 4.98 Å². The molecule has 3 nitrogen and oxygen atoms in total. The standard InChI is InChI=1S/C8H3ClF2N2O/c9-7(14)6-4(2-12)1-5(3-13-6)8(10)11/h1,3,8H. The molecule has 0 spiro atoms. The van der Waals surface area contributed by atoms with Crippen molar-refractivity contribution < 1.29 is 13.6 Å². The Morgan fingerprint density at radius 1 is 1.64 bits per heavy atom. The van der Waals surface area contributed by atoms with Gasteiger partial charge in [-0.25, -0.2) is 13.8 Å². The second kappa shape index (κ2) is 4.11. The van der Waals surface area contributed by atoms with Crippen molar-refractivity contribution in [3.05, 3.63) is 29.1 Å². The fraction of sp³-hybridized carbons (Fsp3) is 0.125. The second-order valence-electron chi connectivity index (χ2n) is 2.35. The predicted molar refractivity (Wildman–Crippen MR) is 44.1 cm³/mol. The monoisotopic (exact) mass is 216 g/mol. The van der Waals surface area contributed by atoms with E-state index in [4.69, 9.17) is 16.9 Å². The molecule has 6 heteroatoms. The number of aromatic nitrogens is 1. The van der Waals surface area contributed by atoms with Gasteiger partial charge in [0, 0.05) is 11.8 Å². The van der Waals surface area contributed by atoms with Crippen molar-refractivity contribution >= 4 is 16.8 Å². The first-order valence-corrected chi connectivity index (χ1v) is 3.82. The zero-order chi connectivity index (χ0) is 10.7. The van der Waals surface area contributed by atoms with Gasteiger partial charge in [-0.05, 0) is 17.7 Å². The van der Waals surface area contributed by atoms with Crippen LogP contribution >= 0.6 is 11.6 Å². The molecule has 1 aromatic rings. The summed E-state index contributed by atoms with van der Waals surface area (Å²) in [5.74, 6) is 0. The third-order valence-corrected chi connectivity index (χ3v) is 1.65. The molecule has 0 atom stereocenters. The van der Waals surface area contributed by atoms with E-state index in [1.807, 2.05) is 0 Å². The number of carbonyl (C=O) groups excluding carboxylic acids is 1. The number of rotatable bonds is 2. The summed E-state index contributed by atoms with van der Waals surface area (Å²) in [5, 5.41) is 7.59. The number of pyridine rings is 1. The Morgan fingerprint density at radius 2 is 2.29 bits per heavy atom. The Labute approximate surface area is 82.9 Å². The van der Waals surface area contributed by atoms with Gasteiger partial charge in [-0.2, -0.15) is 5.26 Å². The molecule has 1 rings (SSSR count). The third kappa shape index (κ3) is 2.03. The van der Waals surface area contributed by atoms with Gasteiger partial charge in [-0.15, -0.1) is 0 Å². The molecule has 0 N–H and O–H groups in total. The minimum Gasteiger partial charge on any atom is -0.274 e. The van der Waals surface area contributed by atoms with E-state index in [0.29, 0.717) is 0 Å². The normalized spacial score (nSPS) is 9.93. The molecular formula is C8H3ClF2N2O. The molecular weight excluding hydrogens is 214 g/mol. The smallest absolute Gasteiger partial charge is 0.272 e. The van der Waals surface area contributed by atoms with Gasteiger partial charge in [0.25, 0.3) is 11.7 Å². The van der Waals surface area contributed by atoms with Crippen LogP contribution in [-0.2, 0) is 0 Å². The van der Waals surface area contributed by atoms with Crippen LogP contribution in [0.15, 0.2) is 12.3 Å². The van der Waals surface area contributed by atoms with Crippen LogP contribution in [0.25, 0.3) is 0 Å². The third-order valence-electron chi connectivity index (χ3n) is 1.47. The first kappa shape index (κ1) is 10.5. The average molecular weight is 217 g/mol. The molecule has 0 aliphatic carbocycles. The van der Waals surface area contributed by atoms with E-state index >= 15 is 0 Å². The molecule has 0 fully saturated rings. The molecule has 14 heavy (non-hydrogen) atoms. The maximum atomic E-state index is 12.1. The molecule has 0 amide bonds. The van der Waals surface area contributed by atoms with Crippen LogP contribution in [-0.4, -0.2) is 10.2 Å². The van der Waals surface area contributed by atoms with E-state index in [0.717, 1.165) is 12.3 Å². The summed E-state index contributed by atoms with van der Waals surface area (Å²) in [7, 11) is 0. The van der Waals surface area contributed by atoms with Gasteiger partial charge in [0.05, 0.1) is 5.56 Å². The maximum Gasteiger partial charge on any atom is 0.272 e. The van der Waals surface area contributed by atoms with E-state index in [9.17, 15) is 13.6 Å². The fourth-order valence-electron chi connectivity index (χ4n) is 0.842. The molecule has 0 aromatic carbocycles. The van der Waals surface area contributed by atoms with Crippen LogP contribution in [0, 0.1) is 11.3 Å². The lowest BCUT2D eigenvalue weighted by Crippen LogP contribution is -2.00. The van der Waals surface area contributed by atoms with Gasteiger partial charge in [0.15, 0.2) is 0 Å². The van der Waals surface area contributed by atoms with Gasteiger partial charge in [-0.3, -0.25) is 4.79 Å². The van der Waals surface area contributed by atoms with Crippen molar-refractivity contribution in [3.8, 4) is 6.07 Å². The predicted octanol–water partition coefficient (Wildman–Crippen LogP) is 2.27. The van der Waals surface area contributed by atoms with Crippen LogP contribution in [0.2, 0.25) is 0 Å². The Morgan fingerprint density at radius 3 is 2.71 bits per heavy atom. The van der Waals surface area contributed by atoms with E-state index < -0.39 is 17.2 Å². The summed E-state index contributed by atoms with van der Waals surface area (Å²) < 4.78 is 24.3. The topological polar surface area (TPSA) is 53.8 Å². The van der Waals surface area contributed by atoms with Gasteiger partial charge in [0.1, 0.15) is 11.8 Å². The summed E-state index contributed by atoms with van der Waals surface area (Å²) >= 11 is 5.08. The molecule has 72 valence electrons. The van der Waals surface area contributed by atoms with Crippen molar-refractivity contribution in [2.45, 2.75) is 6.43 Å². The van der Waals surface area contributed by atoms with Crippen molar-refractivity contribution in [3.63, 3.8) is 0 Å². The van der Waals surface area contributed by atoms with Crippen molar-refractivity contribution in [2.24, 2.45) is 0 Å². The summed E-state index contributed by atoms with van der Waals surface area (Å²) in [6.07, 6.45) is -1.91. The first-order valence-electron chi connectivity index (χ1n) is 3.44. The minimum atomic E-state index is -2.73. The van der Waals surface area contributed by atoms with Crippen LogP contribution in [0.4, 0.5) is 8.78 Å². The van der Waals surface area contributed by atoms with Crippen LogP contribution in [0.5, 0.6) is 0 Å². The number of hydrogen-bond acceptors (Lipinski definition) is 3. The highest BCUT2D eigenvalue weighted by molar-refractivity contribution is 6.67. The summed E-state index contributed by atoms with van der Waals surface area (Å²) in [6, 6.07) is 2.47. The maximum absolute atomic E-state index is 12.1. The summed E-state index contributed by atoms with van der Waals surface area (Å²) in [4.78, 5) is 14.1. The number of halogens is 3. The van der Waals surface area contributed by atoms with Gasteiger partial charge >= 0.3 is 0 Å². The Hall–Kier alpha value is -1.54. The van der Waals surface area contributed by atoms with E-state index in [2.05, 4.69) is 4.98 Å². The van der Waals surface area contributed by atoms with E-state index in [1.54, 1.807) is 6.07 Å². The molecule has 0 unspecified atom stereocenters. The SMILES string of the molecule is N#Cc1cc(C(F)F)cnc1C(=O)Cl. The van der Waals surface area contributed by atoms with Crippen LogP contribution in [0.3, 0.4) is 0 Å². The highest BCUT2D eigenvalue weighted by Crippen LogP contribution is 2.20. The lowest BCUT2D eigenvalue weighted by molar-refractivity contribution is 0.107. The molecule has 0 aliphatic rings. The minimum absolute atomic E-state index is 0.247. The fourth-order valence-corrected chi connectivity index (χ4v) is 0.993. The Bertz CT molecular complexity index is 414. The highest BCUT2D eigenvalue weighted by Gasteiger charge is 2.15. The highest BCUT2D eigenvalue weighted by atomic mass is 35.5. The largest absolute Gasteiger partial charge is 0.274 e.